The van der Waals surface area contributed by atoms with Gasteiger partial charge in [0, 0.05) is 13.1 Å². The highest BCUT2D eigenvalue weighted by molar-refractivity contribution is 5.89. The molecule has 0 aromatic heterocycles. The summed E-state index contributed by atoms with van der Waals surface area (Å²) in [6.07, 6.45) is 1.97. The first-order chi connectivity index (χ1) is 9.36. The van der Waals surface area contributed by atoms with Crippen LogP contribution in [0.15, 0.2) is 30.3 Å². The highest BCUT2D eigenvalue weighted by Crippen LogP contribution is 2.03. The van der Waals surface area contributed by atoms with Crippen molar-refractivity contribution in [1.82, 2.24) is 4.90 Å². The quantitative estimate of drug-likeness (QED) is 0.581. The summed E-state index contributed by atoms with van der Waals surface area (Å²) < 4.78 is 10.5. The molecule has 1 heterocycles. The molecule has 4 heteroatoms. The van der Waals surface area contributed by atoms with E-state index in [0.29, 0.717) is 12.2 Å². The molecule has 0 amide bonds. The van der Waals surface area contributed by atoms with Crippen molar-refractivity contribution >= 4 is 5.97 Å². The van der Waals surface area contributed by atoms with Crippen LogP contribution < -0.4 is 0 Å². The lowest BCUT2D eigenvalue weighted by molar-refractivity contribution is 0.0348. The van der Waals surface area contributed by atoms with E-state index in [0.717, 1.165) is 45.7 Å². The predicted octanol–water partition coefficient (Wildman–Crippen LogP) is 1.96. The number of morpholine rings is 1. The maximum Gasteiger partial charge on any atom is 0.338 e. The van der Waals surface area contributed by atoms with Crippen molar-refractivity contribution in [2.45, 2.75) is 12.8 Å². The van der Waals surface area contributed by atoms with Gasteiger partial charge in [-0.2, -0.15) is 0 Å². The fourth-order valence-electron chi connectivity index (χ4n) is 2.08. The average Bonchev–Trinajstić information content (AvgIpc) is 2.49. The fraction of sp³-hybridized carbons (Fsp3) is 0.533. The minimum absolute atomic E-state index is 0.230. The Bertz CT molecular complexity index is 374. The van der Waals surface area contributed by atoms with Crippen LogP contribution in [0.2, 0.25) is 0 Å². The van der Waals surface area contributed by atoms with Gasteiger partial charge >= 0.3 is 5.97 Å². The molecule has 0 radical (unpaired) electrons. The van der Waals surface area contributed by atoms with Crippen LogP contribution in [0, 0.1) is 0 Å². The maximum atomic E-state index is 11.7. The Hall–Kier alpha value is -1.39. The molecule has 0 bridgehead atoms. The molecule has 0 saturated carbocycles. The lowest BCUT2D eigenvalue weighted by Crippen LogP contribution is -2.36. The highest BCUT2D eigenvalue weighted by atomic mass is 16.5. The number of hydrogen-bond donors (Lipinski definition) is 0. The number of unbranched alkanes of at least 4 members (excludes halogenated alkanes) is 1. The van der Waals surface area contributed by atoms with Crippen LogP contribution in [0.5, 0.6) is 0 Å². The maximum absolute atomic E-state index is 11.7. The minimum Gasteiger partial charge on any atom is -0.462 e. The topological polar surface area (TPSA) is 38.8 Å². The Kier molecular flexibility index (Phi) is 5.85. The van der Waals surface area contributed by atoms with E-state index in [1.54, 1.807) is 12.1 Å². The number of nitrogens with zero attached hydrogens (tertiary/aromatic N) is 1. The molecule has 4 nitrogen and oxygen atoms in total. The zero-order valence-corrected chi connectivity index (χ0v) is 11.2. The van der Waals surface area contributed by atoms with Gasteiger partial charge in [-0.15, -0.1) is 0 Å². The Balaban J connectivity index is 1.55. The molecular weight excluding hydrogens is 242 g/mol. The van der Waals surface area contributed by atoms with Gasteiger partial charge in [0.2, 0.25) is 0 Å². The van der Waals surface area contributed by atoms with Crippen molar-refractivity contribution in [1.29, 1.82) is 0 Å². The molecule has 1 aliphatic heterocycles. The van der Waals surface area contributed by atoms with Gasteiger partial charge in [-0.3, -0.25) is 4.90 Å². The monoisotopic (exact) mass is 263 g/mol. The molecule has 1 aliphatic rings. The van der Waals surface area contributed by atoms with Crippen LogP contribution in [0.3, 0.4) is 0 Å². The SMILES string of the molecule is O=C(OCCCCN1CCOCC1)c1ccccc1. The first-order valence-electron chi connectivity index (χ1n) is 6.88. The van der Waals surface area contributed by atoms with E-state index in [1.165, 1.54) is 0 Å². The Morgan fingerprint density at radius 3 is 2.63 bits per heavy atom. The number of carbonyl (C=O) groups excluding carboxylic acids is 1. The zero-order valence-electron chi connectivity index (χ0n) is 11.2. The standard InChI is InChI=1S/C15H21NO3/c17-15(14-6-2-1-3-7-14)19-11-5-4-8-16-9-12-18-13-10-16/h1-3,6-7H,4-5,8-13H2. The highest BCUT2D eigenvalue weighted by Gasteiger charge is 2.09. The van der Waals surface area contributed by atoms with E-state index in [2.05, 4.69) is 4.90 Å². The average molecular weight is 263 g/mol. The first-order valence-corrected chi connectivity index (χ1v) is 6.88. The summed E-state index contributed by atoms with van der Waals surface area (Å²) in [5, 5.41) is 0. The van der Waals surface area contributed by atoms with Crippen molar-refractivity contribution < 1.29 is 14.3 Å². The van der Waals surface area contributed by atoms with Gasteiger partial charge in [-0.25, -0.2) is 4.79 Å². The summed E-state index contributed by atoms with van der Waals surface area (Å²) in [4.78, 5) is 14.1. The van der Waals surface area contributed by atoms with Crippen molar-refractivity contribution in [3.8, 4) is 0 Å². The van der Waals surface area contributed by atoms with Gasteiger partial charge in [0.1, 0.15) is 0 Å². The Labute approximate surface area is 114 Å². The fourth-order valence-corrected chi connectivity index (χ4v) is 2.08. The summed E-state index contributed by atoms with van der Waals surface area (Å²) in [7, 11) is 0. The van der Waals surface area contributed by atoms with Gasteiger partial charge in [0.25, 0.3) is 0 Å². The van der Waals surface area contributed by atoms with Crippen molar-refractivity contribution in [2.24, 2.45) is 0 Å². The molecule has 1 aromatic carbocycles. The van der Waals surface area contributed by atoms with Crippen LogP contribution in [0.4, 0.5) is 0 Å². The van der Waals surface area contributed by atoms with E-state index in [1.807, 2.05) is 18.2 Å². The van der Waals surface area contributed by atoms with E-state index >= 15 is 0 Å². The molecule has 1 saturated heterocycles. The molecule has 0 aliphatic carbocycles. The van der Waals surface area contributed by atoms with Crippen LogP contribution in [0.1, 0.15) is 23.2 Å². The van der Waals surface area contributed by atoms with Gasteiger partial charge in [-0.05, 0) is 31.5 Å². The number of rotatable bonds is 6. The third-order valence-corrected chi connectivity index (χ3v) is 3.22. The second-order valence-electron chi connectivity index (χ2n) is 4.66. The van der Waals surface area contributed by atoms with Crippen molar-refractivity contribution in [2.75, 3.05) is 39.5 Å². The Morgan fingerprint density at radius 1 is 1.16 bits per heavy atom. The van der Waals surface area contributed by atoms with Crippen LogP contribution in [-0.4, -0.2) is 50.3 Å². The summed E-state index contributed by atoms with van der Waals surface area (Å²) in [5.41, 5.74) is 0.621. The number of carbonyl (C=O) groups is 1. The van der Waals surface area contributed by atoms with Gasteiger partial charge < -0.3 is 9.47 Å². The van der Waals surface area contributed by atoms with Gasteiger partial charge in [0.05, 0.1) is 25.4 Å². The lowest BCUT2D eigenvalue weighted by atomic mass is 10.2. The van der Waals surface area contributed by atoms with E-state index in [9.17, 15) is 4.79 Å². The normalized spacial score (nSPS) is 16.2. The number of esters is 1. The largest absolute Gasteiger partial charge is 0.462 e. The number of ether oxygens (including phenoxy) is 2. The summed E-state index contributed by atoms with van der Waals surface area (Å²) in [5.74, 6) is -0.230. The molecule has 104 valence electrons. The third kappa shape index (κ3) is 5.01. The van der Waals surface area contributed by atoms with E-state index in [4.69, 9.17) is 9.47 Å². The number of hydrogen-bond acceptors (Lipinski definition) is 4. The third-order valence-electron chi connectivity index (χ3n) is 3.22. The molecule has 1 fully saturated rings. The van der Waals surface area contributed by atoms with Gasteiger partial charge in [-0.1, -0.05) is 18.2 Å². The van der Waals surface area contributed by atoms with Crippen molar-refractivity contribution in [3.05, 3.63) is 35.9 Å². The van der Waals surface area contributed by atoms with E-state index in [-0.39, 0.29) is 5.97 Å². The molecular formula is C15H21NO3. The molecule has 1 aromatic rings. The summed E-state index contributed by atoms with van der Waals surface area (Å²) >= 11 is 0. The predicted molar refractivity (Wildman–Crippen MR) is 73.2 cm³/mol. The molecule has 0 spiro atoms. The minimum atomic E-state index is -0.230. The van der Waals surface area contributed by atoms with Gasteiger partial charge in [0.15, 0.2) is 0 Å². The molecule has 0 unspecified atom stereocenters. The lowest BCUT2D eigenvalue weighted by Gasteiger charge is -2.26. The second kappa shape index (κ2) is 7.92. The Morgan fingerprint density at radius 2 is 1.89 bits per heavy atom. The summed E-state index contributed by atoms with van der Waals surface area (Å²) in [6.45, 7) is 5.27. The zero-order chi connectivity index (χ0) is 13.3. The molecule has 0 N–H and O–H groups in total. The number of benzene rings is 1. The molecule has 19 heavy (non-hydrogen) atoms. The smallest absolute Gasteiger partial charge is 0.338 e. The van der Waals surface area contributed by atoms with Crippen molar-refractivity contribution in [3.63, 3.8) is 0 Å². The molecule has 2 rings (SSSR count). The van der Waals surface area contributed by atoms with E-state index < -0.39 is 0 Å². The second-order valence-corrected chi connectivity index (χ2v) is 4.66. The molecule has 0 atom stereocenters. The first kappa shape index (κ1) is 14.0. The summed E-state index contributed by atoms with van der Waals surface area (Å²) in [6, 6.07) is 9.12. The van der Waals surface area contributed by atoms with Crippen LogP contribution >= 0.6 is 0 Å². The van der Waals surface area contributed by atoms with Crippen LogP contribution in [0.25, 0.3) is 0 Å². The van der Waals surface area contributed by atoms with Crippen LogP contribution in [-0.2, 0) is 9.47 Å².